The van der Waals surface area contributed by atoms with E-state index in [1.807, 2.05) is 0 Å². The molecule has 0 radical (unpaired) electrons. The molecule has 0 spiro atoms. The van der Waals surface area contributed by atoms with Gasteiger partial charge in [-0.25, -0.2) is 14.0 Å². The fourth-order valence-electron chi connectivity index (χ4n) is 2.04. The lowest BCUT2D eigenvalue weighted by Crippen LogP contribution is -1.99. The van der Waals surface area contributed by atoms with Gasteiger partial charge in [0, 0.05) is 11.6 Å². The first-order valence-electron chi connectivity index (χ1n) is 8.63. The Bertz CT molecular complexity index is 989. The smallest absolute Gasteiger partial charge is 0.338 e. The predicted octanol–water partition coefficient (Wildman–Crippen LogP) is 5.04. The summed E-state index contributed by atoms with van der Waals surface area (Å²) in [5, 5.41) is 0. The average Bonchev–Trinajstić information content (AvgIpc) is 2.75. The van der Waals surface area contributed by atoms with Gasteiger partial charge < -0.3 is 18.9 Å². The van der Waals surface area contributed by atoms with E-state index in [4.69, 9.17) is 14.2 Å². The summed E-state index contributed by atoms with van der Waals surface area (Å²) >= 11 is 0. The molecule has 7 heteroatoms. The summed E-state index contributed by atoms with van der Waals surface area (Å²) in [5.41, 5.74) is 1.65. The SMILES string of the molecule is C=CC(=O)OC=COc1ccc(-c2ccc(OC=COC(=O)C(=C)C)cc2)cc1F. The van der Waals surface area contributed by atoms with Crippen LogP contribution in [0.4, 0.5) is 4.39 Å². The summed E-state index contributed by atoms with van der Waals surface area (Å²) in [6.45, 7) is 8.24. The zero-order valence-corrected chi connectivity index (χ0v) is 16.2. The van der Waals surface area contributed by atoms with E-state index >= 15 is 0 Å². The van der Waals surface area contributed by atoms with Crippen molar-refractivity contribution in [2.75, 3.05) is 0 Å². The molecule has 0 bridgehead atoms. The third-order valence-electron chi connectivity index (χ3n) is 3.50. The van der Waals surface area contributed by atoms with Gasteiger partial charge in [0.25, 0.3) is 0 Å². The highest BCUT2D eigenvalue weighted by atomic mass is 19.1. The number of carbonyl (C=O) groups is 2. The van der Waals surface area contributed by atoms with Crippen molar-refractivity contribution in [3.05, 3.63) is 98.1 Å². The summed E-state index contributed by atoms with van der Waals surface area (Å²) in [4.78, 5) is 22.1. The van der Waals surface area contributed by atoms with Crippen LogP contribution in [0.2, 0.25) is 0 Å². The van der Waals surface area contributed by atoms with Gasteiger partial charge in [0.1, 0.15) is 30.8 Å². The van der Waals surface area contributed by atoms with Crippen LogP contribution in [0.1, 0.15) is 6.92 Å². The van der Waals surface area contributed by atoms with Crippen molar-refractivity contribution in [2.24, 2.45) is 0 Å². The van der Waals surface area contributed by atoms with Crippen LogP contribution >= 0.6 is 0 Å². The molecule has 2 aromatic carbocycles. The molecule has 0 aromatic heterocycles. The number of esters is 2. The molecule has 0 unspecified atom stereocenters. The number of hydrogen-bond acceptors (Lipinski definition) is 6. The normalized spacial score (nSPS) is 10.6. The number of carbonyl (C=O) groups excluding carboxylic acids is 2. The zero-order chi connectivity index (χ0) is 21.9. The first-order valence-corrected chi connectivity index (χ1v) is 8.63. The van der Waals surface area contributed by atoms with Gasteiger partial charge in [-0.2, -0.15) is 0 Å². The minimum atomic E-state index is -0.651. The van der Waals surface area contributed by atoms with Crippen molar-refractivity contribution in [2.45, 2.75) is 6.92 Å². The van der Waals surface area contributed by atoms with Gasteiger partial charge in [0.2, 0.25) is 0 Å². The van der Waals surface area contributed by atoms with E-state index in [1.54, 1.807) is 30.3 Å². The van der Waals surface area contributed by atoms with Crippen LogP contribution in [0.3, 0.4) is 0 Å². The summed E-state index contributed by atoms with van der Waals surface area (Å²) < 4.78 is 34.0. The average molecular weight is 410 g/mol. The van der Waals surface area contributed by atoms with Crippen LogP contribution in [0, 0.1) is 5.82 Å². The molecule has 0 aliphatic heterocycles. The molecule has 0 amide bonds. The van der Waals surface area contributed by atoms with Crippen LogP contribution in [0.5, 0.6) is 11.5 Å². The molecule has 0 atom stereocenters. The number of benzene rings is 2. The highest BCUT2D eigenvalue weighted by Gasteiger charge is 2.06. The molecular formula is C23H19FO6. The topological polar surface area (TPSA) is 71.1 Å². The van der Waals surface area contributed by atoms with E-state index in [2.05, 4.69) is 17.9 Å². The Kier molecular flexibility index (Phi) is 8.14. The summed E-state index contributed by atoms with van der Waals surface area (Å²) in [7, 11) is 0. The van der Waals surface area contributed by atoms with Crippen LogP contribution in [-0.2, 0) is 19.1 Å². The second-order valence-electron chi connectivity index (χ2n) is 5.78. The first kappa shape index (κ1) is 22.2. The Hall–Kier alpha value is -4.13. The Morgan fingerprint density at radius 2 is 1.53 bits per heavy atom. The van der Waals surface area contributed by atoms with Crippen LogP contribution < -0.4 is 9.47 Å². The van der Waals surface area contributed by atoms with Crippen molar-refractivity contribution in [3.63, 3.8) is 0 Å². The Balaban J connectivity index is 1.96. The molecule has 0 N–H and O–H groups in total. The largest absolute Gasteiger partial charge is 0.462 e. The molecule has 0 fully saturated rings. The Morgan fingerprint density at radius 3 is 2.17 bits per heavy atom. The molecule has 154 valence electrons. The highest BCUT2D eigenvalue weighted by Crippen LogP contribution is 2.27. The molecular weight excluding hydrogens is 391 g/mol. The molecule has 0 saturated carbocycles. The standard InChI is InChI=1S/C23H19FO6/c1-4-22(25)29-13-12-28-21-10-7-18(15-20(21)24)17-5-8-19(9-6-17)27-11-14-30-23(26)16(2)3/h4-15H,1-2H2,3H3. The lowest BCUT2D eigenvalue weighted by Gasteiger charge is -2.07. The fraction of sp³-hybridized carbons (Fsp3) is 0.0435. The molecule has 6 nitrogen and oxygen atoms in total. The Labute approximate surface area is 173 Å². The quantitative estimate of drug-likeness (QED) is 0.328. The molecule has 2 aromatic rings. The second-order valence-corrected chi connectivity index (χ2v) is 5.78. The molecule has 0 saturated heterocycles. The van der Waals surface area contributed by atoms with Gasteiger partial charge in [-0.1, -0.05) is 31.4 Å². The van der Waals surface area contributed by atoms with Crippen LogP contribution in [0.15, 0.2) is 92.3 Å². The van der Waals surface area contributed by atoms with Gasteiger partial charge in [-0.15, -0.1) is 0 Å². The van der Waals surface area contributed by atoms with E-state index in [-0.39, 0.29) is 11.3 Å². The van der Waals surface area contributed by atoms with Crippen molar-refractivity contribution >= 4 is 11.9 Å². The maximum atomic E-state index is 14.2. The van der Waals surface area contributed by atoms with Crippen LogP contribution in [0.25, 0.3) is 11.1 Å². The van der Waals surface area contributed by atoms with Crippen molar-refractivity contribution < 1.29 is 32.9 Å². The minimum Gasteiger partial charge on any atom is -0.462 e. The highest BCUT2D eigenvalue weighted by molar-refractivity contribution is 5.87. The van der Waals surface area contributed by atoms with Crippen molar-refractivity contribution in [1.29, 1.82) is 0 Å². The minimum absolute atomic E-state index is 0.0287. The number of ether oxygens (including phenoxy) is 4. The van der Waals surface area contributed by atoms with Crippen molar-refractivity contribution in [1.82, 2.24) is 0 Å². The van der Waals surface area contributed by atoms with Gasteiger partial charge in [-0.3, -0.25) is 0 Å². The van der Waals surface area contributed by atoms with E-state index < -0.39 is 17.8 Å². The van der Waals surface area contributed by atoms with E-state index in [0.29, 0.717) is 11.3 Å². The number of halogens is 1. The molecule has 2 rings (SSSR count). The summed E-state index contributed by atoms with van der Waals surface area (Å²) in [5.74, 6) is -1.32. The van der Waals surface area contributed by atoms with Gasteiger partial charge in [0.05, 0.1) is 0 Å². The first-order chi connectivity index (χ1) is 14.4. The number of rotatable bonds is 9. The second kappa shape index (κ2) is 11.0. The van der Waals surface area contributed by atoms with Gasteiger partial charge in [-0.05, 0) is 42.3 Å². The third-order valence-corrected chi connectivity index (χ3v) is 3.50. The summed E-state index contributed by atoms with van der Waals surface area (Å²) in [6, 6.07) is 11.3. The van der Waals surface area contributed by atoms with Crippen molar-refractivity contribution in [3.8, 4) is 22.6 Å². The molecule has 30 heavy (non-hydrogen) atoms. The zero-order valence-electron chi connectivity index (χ0n) is 16.2. The maximum absolute atomic E-state index is 14.2. The fourth-order valence-corrected chi connectivity index (χ4v) is 2.04. The third kappa shape index (κ3) is 6.79. The lowest BCUT2D eigenvalue weighted by molar-refractivity contribution is -0.134. The molecule has 0 aliphatic carbocycles. The van der Waals surface area contributed by atoms with E-state index in [0.717, 1.165) is 30.4 Å². The maximum Gasteiger partial charge on any atom is 0.338 e. The molecule has 0 aliphatic rings. The summed E-state index contributed by atoms with van der Waals surface area (Å²) in [6.07, 6.45) is 5.37. The van der Waals surface area contributed by atoms with E-state index in [9.17, 15) is 14.0 Å². The predicted molar refractivity (Wildman–Crippen MR) is 109 cm³/mol. The van der Waals surface area contributed by atoms with E-state index in [1.165, 1.54) is 25.3 Å². The molecule has 0 heterocycles. The van der Waals surface area contributed by atoms with Gasteiger partial charge >= 0.3 is 11.9 Å². The lowest BCUT2D eigenvalue weighted by atomic mass is 10.1. The van der Waals surface area contributed by atoms with Crippen LogP contribution in [-0.4, -0.2) is 11.9 Å². The Morgan fingerprint density at radius 1 is 0.900 bits per heavy atom. The van der Waals surface area contributed by atoms with Gasteiger partial charge in [0.15, 0.2) is 11.6 Å². The monoisotopic (exact) mass is 410 g/mol. The number of hydrogen-bond donors (Lipinski definition) is 0.